The molecule has 0 aromatic heterocycles. The lowest BCUT2D eigenvalue weighted by atomic mass is 9.47. The van der Waals surface area contributed by atoms with E-state index >= 15 is 0 Å². The first-order chi connectivity index (χ1) is 12.8. The molecule has 0 radical (unpaired) electrons. The summed E-state index contributed by atoms with van der Waals surface area (Å²) in [5, 5.41) is 10.8. The molecule has 3 saturated carbocycles. The van der Waals surface area contributed by atoms with Crippen LogP contribution in [0.1, 0.15) is 72.1 Å². The highest BCUT2D eigenvalue weighted by Gasteiger charge is 2.67. The molecule has 0 unspecified atom stereocenters. The predicted octanol–water partition coefficient (Wildman–Crippen LogP) is 4.22. The van der Waals surface area contributed by atoms with E-state index in [1.165, 1.54) is 26.2 Å². The van der Waals surface area contributed by atoms with Crippen molar-refractivity contribution in [1.82, 2.24) is 0 Å². The number of hydrogen-bond donors (Lipinski definition) is 1. The molecule has 5 rings (SSSR count). The van der Waals surface area contributed by atoms with Gasteiger partial charge in [-0.25, -0.2) is 0 Å². The van der Waals surface area contributed by atoms with Gasteiger partial charge in [-0.3, -0.25) is 4.79 Å². The van der Waals surface area contributed by atoms with Crippen molar-refractivity contribution in [2.45, 2.75) is 84.0 Å². The monoisotopic (exact) mass is 374 g/mol. The molecule has 1 aliphatic heterocycles. The van der Waals surface area contributed by atoms with E-state index in [0.717, 1.165) is 50.5 Å². The van der Waals surface area contributed by atoms with E-state index in [0.29, 0.717) is 11.8 Å². The van der Waals surface area contributed by atoms with E-state index < -0.39 is 5.79 Å². The maximum atomic E-state index is 11.4. The van der Waals surface area contributed by atoms with Crippen molar-refractivity contribution in [1.29, 1.82) is 0 Å². The number of carbonyl (C=O) groups is 1. The molecule has 150 valence electrons. The van der Waals surface area contributed by atoms with Gasteiger partial charge in [0.05, 0.1) is 6.61 Å². The summed E-state index contributed by atoms with van der Waals surface area (Å²) in [5.41, 5.74) is 2.02. The van der Waals surface area contributed by atoms with E-state index in [-0.39, 0.29) is 22.9 Å². The van der Waals surface area contributed by atoms with Crippen molar-refractivity contribution in [3.05, 3.63) is 11.6 Å². The summed E-state index contributed by atoms with van der Waals surface area (Å²) >= 11 is 0. The summed E-state index contributed by atoms with van der Waals surface area (Å²) in [4.78, 5) is 11.4. The molecule has 4 fully saturated rings. The van der Waals surface area contributed by atoms with Gasteiger partial charge in [0.15, 0.2) is 5.79 Å². The number of esters is 1. The molecule has 1 heterocycles. The van der Waals surface area contributed by atoms with E-state index in [1.807, 2.05) is 6.92 Å². The molecular formula is C23H34O4. The van der Waals surface area contributed by atoms with Gasteiger partial charge < -0.3 is 14.6 Å². The van der Waals surface area contributed by atoms with Gasteiger partial charge in [0.25, 0.3) is 0 Å². The highest BCUT2D eigenvalue weighted by atomic mass is 16.6. The van der Waals surface area contributed by atoms with Crippen molar-refractivity contribution in [3.63, 3.8) is 0 Å². The minimum atomic E-state index is -0.927. The SMILES string of the molecule is CC(=O)O[C@H]1CC[C@@]2(C)C(=CC[C@H]3[C@@H]4CC[C@H]5[C@]4(CC[C@@H]32)CO[C@]5(C)O)C1. The highest BCUT2D eigenvalue weighted by molar-refractivity contribution is 5.66. The van der Waals surface area contributed by atoms with Crippen molar-refractivity contribution in [3.8, 4) is 0 Å². The fraction of sp³-hybridized carbons (Fsp3) is 0.870. The third-order valence-electron chi connectivity index (χ3n) is 9.39. The molecule has 4 nitrogen and oxygen atoms in total. The van der Waals surface area contributed by atoms with E-state index in [1.54, 1.807) is 5.57 Å². The molecule has 4 heteroatoms. The van der Waals surface area contributed by atoms with Crippen molar-refractivity contribution < 1.29 is 19.4 Å². The molecule has 1 saturated heterocycles. The Hall–Kier alpha value is -0.870. The zero-order valence-corrected chi connectivity index (χ0v) is 17.0. The van der Waals surface area contributed by atoms with Crippen LogP contribution in [0, 0.1) is 34.5 Å². The van der Waals surface area contributed by atoms with Crippen LogP contribution < -0.4 is 0 Å². The normalized spacial score (nSPS) is 53.6. The van der Waals surface area contributed by atoms with Crippen LogP contribution in [0.25, 0.3) is 0 Å². The minimum absolute atomic E-state index is 0.0718. The first-order valence-corrected chi connectivity index (χ1v) is 11.0. The topological polar surface area (TPSA) is 55.8 Å². The molecule has 4 aliphatic carbocycles. The van der Waals surface area contributed by atoms with Crippen LogP contribution in [0.2, 0.25) is 0 Å². The Morgan fingerprint density at radius 3 is 2.78 bits per heavy atom. The number of aliphatic hydroxyl groups is 1. The van der Waals surface area contributed by atoms with E-state index in [2.05, 4.69) is 13.0 Å². The second-order valence-corrected chi connectivity index (χ2v) is 10.5. The maximum absolute atomic E-state index is 11.4. The van der Waals surface area contributed by atoms with Gasteiger partial charge in [-0.2, -0.15) is 0 Å². The minimum Gasteiger partial charge on any atom is -0.462 e. The quantitative estimate of drug-likeness (QED) is 0.552. The van der Waals surface area contributed by atoms with Crippen molar-refractivity contribution >= 4 is 5.97 Å². The third kappa shape index (κ3) is 2.45. The molecule has 0 aromatic carbocycles. The summed E-state index contributed by atoms with van der Waals surface area (Å²) < 4.78 is 11.5. The highest BCUT2D eigenvalue weighted by Crippen LogP contribution is 2.69. The van der Waals surface area contributed by atoms with Gasteiger partial charge in [-0.15, -0.1) is 0 Å². The van der Waals surface area contributed by atoms with Gasteiger partial charge in [-0.1, -0.05) is 18.6 Å². The Balaban J connectivity index is 1.42. The Labute approximate surface area is 162 Å². The molecule has 5 aliphatic rings. The summed E-state index contributed by atoms with van der Waals surface area (Å²) in [5.74, 6) is 1.38. The van der Waals surface area contributed by atoms with Gasteiger partial charge in [0.1, 0.15) is 6.10 Å². The van der Waals surface area contributed by atoms with Crippen molar-refractivity contribution in [2.24, 2.45) is 34.5 Å². The zero-order valence-electron chi connectivity index (χ0n) is 17.0. The summed E-state index contributed by atoms with van der Waals surface area (Å²) in [6, 6.07) is 0. The van der Waals surface area contributed by atoms with Gasteiger partial charge in [0, 0.05) is 24.7 Å². The number of carbonyl (C=O) groups excluding carboxylic acids is 1. The number of allylic oxidation sites excluding steroid dienone is 1. The second kappa shape index (κ2) is 5.82. The van der Waals surface area contributed by atoms with Crippen LogP contribution in [-0.4, -0.2) is 29.6 Å². The lowest BCUT2D eigenvalue weighted by molar-refractivity contribution is -0.180. The first-order valence-electron chi connectivity index (χ1n) is 11.0. The molecule has 1 spiro atoms. The first kappa shape index (κ1) is 18.2. The number of fused-ring (bicyclic) bond motifs is 4. The molecule has 8 atom stereocenters. The van der Waals surface area contributed by atoms with E-state index in [4.69, 9.17) is 9.47 Å². The maximum Gasteiger partial charge on any atom is 0.302 e. The molecule has 1 N–H and O–H groups in total. The fourth-order valence-corrected chi connectivity index (χ4v) is 8.24. The largest absolute Gasteiger partial charge is 0.462 e. The Kier molecular flexibility index (Phi) is 3.92. The zero-order chi connectivity index (χ0) is 19.0. The van der Waals surface area contributed by atoms with Gasteiger partial charge in [-0.05, 0) is 75.0 Å². The predicted molar refractivity (Wildman–Crippen MR) is 102 cm³/mol. The lowest BCUT2D eigenvalue weighted by Crippen LogP contribution is -2.52. The van der Waals surface area contributed by atoms with Crippen LogP contribution in [0.3, 0.4) is 0 Å². The van der Waals surface area contributed by atoms with Gasteiger partial charge >= 0.3 is 5.97 Å². The Morgan fingerprint density at radius 2 is 2.00 bits per heavy atom. The van der Waals surface area contributed by atoms with Crippen molar-refractivity contribution in [2.75, 3.05) is 6.61 Å². The number of rotatable bonds is 1. The van der Waals surface area contributed by atoms with Crippen LogP contribution in [0.4, 0.5) is 0 Å². The van der Waals surface area contributed by atoms with Crippen LogP contribution in [-0.2, 0) is 14.3 Å². The summed E-state index contributed by atoms with van der Waals surface area (Å²) in [7, 11) is 0. The van der Waals surface area contributed by atoms with Crippen LogP contribution >= 0.6 is 0 Å². The standard InChI is InChI=1S/C23H34O4/c1-14(24)27-16-8-10-21(2)15(12-16)4-5-17-18(21)9-11-23-13-26-22(3,25)20(23)7-6-19(17)23/h4,16-20,25H,5-13H2,1-3H3/t16-,17+,18-,19-,20+,21-,22-,23+/m0/s1. The van der Waals surface area contributed by atoms with Gasteiger partial charge in [0.2, 0.25) is 0 Å². The summed E-state index contributed by atoms with van der Waals surface area (Å²) in [6.07, 6.45) is 11.6. The average Bonchev–Trinajstić information content (AvgIpc) is 3.11. The smallest absolute Gasteiger partial charge is 0.302 e. The van der Waals surface area contributed by atoms with Crippen LogP contribution in [0.15, 0.2) is 11.6 Å². The Bertz CT molecular complexity index is 682. The average molecular weight is 375 g/mol. The molecule has 0 amide bonds. The fourth-order valence-electron chi connectivity index (χ4n) is 8.24. The second-order valence-electron chi connectivity index (χ2n) is 10.5. The number of hydrogen-bond acceptors (Lipinski definition) is 4. The molecule has 0 bridgehead atoms. The third-order valence-corrected chi connectivity index (χ3v) is 9.39. The molecule has 27 heavy (non-hydrogen) atoms. The molecule has 0 aromatic rings. The van der Waals surface area contributed by atoms with Crippen LogP contribution in [0.5, 0.6) is 0 Å². The number of ether oxygens (including phenoxy) is 2. The lowest BCUT2D eigenvalue weighted by Gasteiger charge is -2.57. The molecular weight excluding hydrogens is 340 g/mol. The van der Waals surface area contributed by atoms with E-state index in [9.17, 15) is 9.90 Å². The Morgan fingerprint density at radius 1 is 1.19 bits per heavy atom. The summed E-state index contributed by atoms with van der Waals surface area (Å²) in [6.45, 7) is 6.64.